The molecule has 5 heterocycles. The van der Waals surface area contributed by atoms with Crippen molar-refractivity contribution in [2.45, 2.75) is 0 Å². The van der Waals surface area contributed by atoms with E-state index in [9.17, 15) is 10.5 Å². The van der Waals surface area contributed by atoms with Crippen LogP contribution in [0.4, 0.5) is 0 Å². The molecule has 5 aromatic rings. The Morgan fingerprint density at radius 2 is 0.966 bits per heavy atom. The first-order valence-corrected chi connectivity index (χ1v) is 12.7. The molecule has 5 aromatic heterocycles. The van der Waals surface area contributed by atoms with Crippen molar-refractivity contribution >= 4 is 56.7 Å². The summed E-state index contributed by atoms with van der Waals surface area (Å²) in [7, 11) is 0. The first-order chi connectivity index (χ1) is 14.3. The topological polar surface area (TPSA) is 47.6 Å². The lowest BCUT2D eigenvalue weighted by molar-refractivity contribution is 1.47. The van der Waals surface area contributed by atoms with E-state index in [2.05, 4.69) is 59.3 Å². The van der Waals surface area contributed by atoms with Crippen LogP contribution in [0.15, 0.2) is 59.3 Å². The van der Waals surface area contributed by atoms with Crippen LogP contribution in [0.2, 0.25) is 0 Å². The molecule has 0 radical (unpaired) electrons. The Kier molecular flexibility index (Phi) is 4.92. The predicted octanol–water partition coefficient (Wildman–Crippen LogP) is 8.41. The van der Waals surface area contributed by atoms with Gasteiger partial charge in [0, 0.05) is 29.3 Å². The molecule has 0 unspecified atom stereocenters. The number of hydrogen-bond acceptors (Lipinski definition) is 7. The zero-order valence-corrected chi connectivity index (χ0v) is 18.8. The normalized spacial score (nSPS) is 10.7. The van der Waals surface area contributed by atoms with Gasteiger partial charge < -0.3 is 0 Å². The SMILES string of the molecule is N#Cc1c(-c2ccc(-c3cccs3)s2)sc(-c2ccc(-c3cccs3)s2)c1C#N. The quantitative estimate of drug-likeness (QED) is 0.269. The number of rotatable bonds is 4. The van der Waals surface area contributed by atoms with Crippen molar-refractivity contribution in [1.82, 2.24) is 0 Å². The molecule has 0 bridgehead atoms. The molecule has 0 aromatic carbocycles. The monoisotopic (exact) mass is 462 g/mol. The average Bonchev–Trinajstić information content (AvgIpc) is 3.54. The zero-order valence-electron chi connectivity index (χ0n) is 14.7. The second-order valence-electron chi connectivity index (χ2n) is 6.02. The third-order valence-electron chi connectivity index (χ3n) is 4.32. The highest BCUT2D eigenvalue weighted by Gasteiger charge is 2.23. The van der Waals surface area contributed by atoms with Gasteiger partial charge >= 0.3 is 0 Å². The third-order valence-corrected chi connectivity index (χ3v) is 10.2. The van der Waals surface area contributed by atoms with Crippen LogP contribution in [0.1, 0.15) is 11.1 Å². The van der Waals surface area contributed by atoms with Gasteiger partial charge in [-0.05, 0) is 47.2 Å². The highest BCUT2D eigenvalue weighted by molar-refractivity contribution is 7.29. The summed E-state index contributed by atoms with van der Waals surface area (Å²) < 4.78 is 0. The smallest absolute Gasteiger partial charge is 0.102 e. The van der Waals surface area contributed by atoms with Gasteiger partial charge in [0.05, 0.1) is 20.9 Å². The minimum Gasteiger partial charge on any atom is -0.192 e. The maximum Gasteiger partial charge on any atom is 0.102 e. The number of hydrogen-bond donors (Lipinski definition) is 0. The molecule has 0 atom stereocenters. The molecular weight excluding hydrogens is 453 g/mol. The molecule has 0 spiro atoms. The van der Waals surface area contributed by atoms with Crippen molar-refractivity contribution in [2.24, 2.45) is 0 Å². The molecule has 0 aliphatic carbocycles. The van der Waals surface area contributed by atoms with E-state index in [0.29, 0.717) is 11.1 Å². The first-order valence-electron chi connectivity index (χ1n) is 8.53. The van der Waals surface area contributed by atoms with E-state index < -0.39 is 0 Å². The van der Waals surface area contributed by atoms with Crippen molar-refractivity contribution in [1.29, 1.82) is 10.5 Å². The van der Waals surface area contributed by atoms with Gasteiger partial charge in [0.2, 0.25) is 0 Å². The van der Waals surface area contributed by atoms with Crippen molar-refractivity contribution < 1.29 is 0 Å². The zero-order chi connectivity index (χ0) is 19.8. The summed E-state index contributed by atoms with van der Waals surface area (Å²) in [5.41, 5.74) is 0.969. The fraction of sp³-hybridized carbons (Fsp3) is 0. The van der Waals surface area contributed by atoms with Gasteiger partial charge in [0.1, 0.15) is 12.1 Å². The van der Waals surface area contributed by atoms with Crippen molar-refractivity contribution in [3.05, 3.63) is 70.4 Å². The minimum absolute atomic E-state index is 0.484. The largest absolute Gasteiger partial charge is 0.192 e. The van der Waals surface area contributed by atoms with Crippen LogP contribution >= 0.6 is 56.7 Å². The molecule has 0 aliphatic heterocycles. The molecular formula is C22H10N2S5. The van der Waals surface area contributed by atoms with Crippen LogP contribution < -0.4 is 0 Å². The molecule has 0 fully saturated rings. The van der Waals surface area contributed by atoms with Gasteiger partial charge in [-0.15, -0.1) is 56.7 Å². The van der Waals surface area contributed by atoms with E-state index in [1.165, 1.54) is 19.5 Å². The first kappa shape index (κ1) is 18.5. The fourth-order valence-electron chi connectivity index (χ4n) is 3.01. The van der Waals surface area contributed by atoms with E-state index in [4.69, 9.17) is 0 Å². The summed E-state index contributed by atoms with van der Waals surface area (Å²) in [5, 5.41) is 23.8. The summed E-state index contributed by atoms with van der Waals surface area (Å²) >= 11 is 8.29. The third kappa shape index (κ3) is 3.28. The number of thiophene rings is 5. The van der Waals surface area contributed by atoms with Gasteiger partial charge in [-0.1, -0.05) is 12.1 Å². The van der Waals surface area contributed by atoms with Crippen LogP contribution in [0.25, 0.3) is 39.0 Å². The molecule has 0 amide bonds. The summed E-state index contributed by atoms with van der Waals surface area (Å²) in [4.78, 5) is 8.65. The van der Waals surface area contributed by atoms with Crippen LogP contribution in [-0.2, 0) is 0 Å². The van der Waals surface area contributed by atoms with E-state index >= 15 is 0 Å². The molecule has 7 heteroatoms. The lowest BCUT2D eigenvalue weighted by Gasteiger charge is -1.93. The van der Waals surface area contributed by atoms with E-state index in [-0.39, 0.29) is 0 Å². The standard InChI is InChI=1S/C22H10N2S5/c23-11-13-14(12-24)22(20-8-6-18(28-20)16-4-2-10-26-16)29-21(13)19-7-5-17(27-19)15-3-1-9-25-15/h1-10H. The van der Waals surface area contributed by atoms with Crippen LogP contribution in [0.5, 0.6) is 0 Å². The molecule has 138 valence electrons. The van der Waals surface area contributed by atoms with Gasteiger partial charge in [-0.25, -0.2) is 0 Å². The Bertz CT molecular complexity index is 1260. The molecule has 0 saturated heterocycles. The lowest BCUT2D eigenvalue weighted by atomic mass is 10.1. The molecule has 0 aliphatic rings. The van der Waals surface area contributed by atoms with Crippen molar-refractivity contribution in [2.75, 3.05) is 0 Å². The predicted molar refractivity (Wildman–Crippen MR) is 127 cm³/mol. The summed E-state index contributed by atoms with van der Waals surface area (Å²) in [6.07, 6.45) is 0. The van der Waals surface area contributed by atoms with Crippen molar-refractivity contribution in [3.63, 3.8) is 0 Å². The molecule has 0 N–H and O–H groups in total. The summed E-state index contributed by atoms with van der Waals surface area (Å²) in [6.45, 7) is 0. The minimum atomic E-state index is 0.484. The van der Waals surface area contributed by atoms with Crippen LogP contribution in [0, 0.1) is 22.7 Å². The molecule has 0 saturated carbocycles. The van der Waals surface area contributed by atoms with Gasteiger partial charge in [-0.2, -0.15) is 10.5 Å². The molecule has 29 heavy (non-hydrogen) atoms. The fourth-order valence-corrected chi connectivity index (χ4v) is 8.13. The van der Waals surface area contributed by atoms with Gasteiger partial charge in [0.15, 0.2) is 0 Å². The Morgan fingerprint density at radius 3 is 1.34 bits per heavy atom. The summed E-state index contributed by atoms with van der Waals surface area (Å²) in [5.74, 6) is 0. The average molecular weight is 463 g/mol. The highest BCUT2D eigenvalue weighted by Crippen LogP contribution is 2.48. The number of nitriles is 2. The van der Waals surface area contributed by atoms with E-state index in [1.807, 2.05) is 12.1 Å². The van der Waals surface area contributed by atoms with E-state index in [1.54, 1.807) is 56.7 Å². The van der Waals surface area contributed by atoms with Crippen LogP contribution in [0.3, 0.4) is 0 Å². The Balaban J connectivity index is 1.61. The Hall–Kier alpha value is -2.52. The maximum absolute atomic E-state index is 9.82. The lowest BCUT2D eigenvalue weighted by Crippen LogP contribution is -1.80. The Labute approximate surface area is 187 Å². The number of nitrogens with zero attached hydrogens (tertiary/aromatic N) is 2. The second kappa shape index (κ2) is 7.72. The second-order valence-corrected chi connectivity index (χ2v) is 11.1. The molecule has 5 rings (SSSR count). The molecule has 2 nitrogen and oxygen atoms in total. The summed E-state index contributed by atoms with van der Waals surface area (Å²) in [6, 6.07) is 21.2. The Morgan fingerprint density at radius 1 is 0.517 bits per heavy atom. The maximum atomic E-state index is 9.82. The van der Waals surface area contributed by atoms with Gasteiger partial charge in [0.25, 0.3) is 0 Å². The van der Waals surface area contributed by atoms with E-state index in [0.717, 1.165) is 19.5 Å². The highest BCUT2D eigenvalue weighted by atomic mass is 32.1. The van der Waals surface area contributed by atoms with Crippen LogP contribution in [-0.4, -0.2) is 0 Å². The van der Waals surface area contributed by atoms with Crippen molar-refractivity contribution in [3.8, 4) is 51.2 Å². The van der Waals surface area contributed by atoms with Gasteiger partial charge in [-0.3, -0.25) is 0 Å².